The third-order valence-electron chi connectivity index (χ3n) is 2.55. The maximum atomic E-state index is 11.0. The minimum absolute atomic E-state index is 0.0902. The fourth-order valence-electron chi connectivity index (χ4n) is 1.23. The Hall–Kier alpha value is -1.55. The SMILES string of the molecule is CCC(C)(Oc1cccc(CO)c1)C(=O)O. The molecule has 1 rings (SSSR count). The van der Waals surface area contributed by atoms with E-state index in [2.05, 4.69) is 0 Å². The second-order valence-electron chi connectivity index (χ2n) is 3.80. The Morgan fingerprint density at radius 1 is 1.50 bits per heavy atom. The van der Waals surface area contributed by atoms with E-state index >= 15 is 0 Å². The average Bonchev–Trinajstić information content (AvgIpc) is 2.29. The van der Waals surface area contributed by atoms with E-state index in [1.165, 1.54) is 6.92 Å². The molecule has 4 nitrogen and oxygen atoms in total. The molecule has 2 N–H and O–H groups in total. The van der Waals surface area contributed by atoms with Crippen LogP contribution < -0.4 is 4.74 Å². The van der Waals surface area contributed by atoms with Crippen LogP contribution in [0.15, 0.2) is 24.3 Å². The lowest BCUT2D eigenvalue weighted by atomic mass is 10.0. The van der Waals surface area contributed by atoms with Crippen molar-refractivity contribution in [2.24, 2.45) is 0 Å². The molecule has 16 heavy (non-hydrogen) atoms. The molecule has 1 atom stereocenters. The standard InChI is InChI=1S/C12H16O4/c1-3-12(2,11(14)15)16-10-6-4-5-9(7-10)8-13/h4-7,13H,3,8H2,1-2H3,(H,14,15). The van der Waals surface area contributed by atoms with E-state index in [0.29, 0.717) is 17.7 Å². The summed E-state index contributed by atoms with van der Waals surface area (Å²) in [5, 5.41) is 18.0. The summed E-state index contributed by atoms with van der Waals surface area (Å²) in [5.74, 6) is -0.539. The first-order valence-corrected chi connectivity index (χ1v) is 5.14. The predicted molar refractivity (Wildman–Crippen MR) is 59.3 cm³/mol. The van der Waals surface area contributed by atoms with Crippen LogP contribution in [0.1, 0.15) is 25.8 Å². The highest BCUT2D eigenvalue weighted by Gasteiger charge is 2.33. The third-order valence-corrected chi connectivity index (χ3v) is 2.55. The van der Waals surface area contributed by atoms with Gasteiger partial charge < -0.3 is 14.9 Å². The zero-order valence-electron chi connectivity index (χ0n) is 9.43. The Labute approximate surface area is 94.5 Å². The summed E-state index contributed by atoms with van der Waals surface area (Å²) in [6.07, 6.45) is 0.367. The smallest absolute Gasteiger partial charge is 0.347 e. The number of carboxylic acid groups (broad SMARTS) is 1. The molecule has 88 valence electrons. The van der Waals surface area contributed by atoms with Gasteiger partial charge in [-0.25, -0.2) is 4.79 Å². The Kier molecular flexibility index (Phi) is 3.90. The van der Waals surface area contributed by atoms with E-state index in [0.717, 1.165) is 0 Å². The zero-order valence-corrected chi connectivity index (χ0v) is 9.43. The van der Waals surface area contributed by atoms with Crippen molar-refractivity contribution in [3.8, 4) is 5.75 Å². The molecule has 0 radical (unpaired) electrons. The maximum Gasteiger partial charge on any atom is 0.347 e. The topological polar surface area (TPSA) is 66.8 Å². The first-order chi connectivity index (χ1) is 7.51. The van der Waals surface area contributed by atoms with Crippen molar-refractivity contribution >= 4 is 5.97 Å². The highest BCUT2D eigenvalue weighted by molar-refractivity contribution is 5.77. The fraction of sp³-hybridized carbons (Fsp3) is 0.417. The number of carboxylic acids is 1. The number of rotatable bonds is 5. The molecule has 0 aliphatic heterocycles. The normalized spacial score (nSPS) is 14.2. The van der Waals surface area contributed by atoms with Crippen LogP contribution >= 0.6 is 0 Å². The quantitative estimate of drug-likeness (QED) is 0.800. The molecule has 0 aliphatic rings. The Bertz CT molecular complexity index is 375. The van der Waals surface area contributed by atoms with Crippen LogP contribution in [-0.4, -0.2) is 21.8 Å². The van der Waals surface area contributed by atoms with Crippen LogP contribution in [0.4, 0.5) is 0 Å². The molecule has 0 fully saturated rings. The molecule has 1 aromatic carbocycles. The number of hydrogen-bond acceptors (Lipinski definition) is 3. The summed E-state index contributed by atoms with van der Waals surface area (Å²) >= 11 is 0. The minimum Gasteiger partial charge on any atom is -0.478 e. The fourth-order valence-corrected chi connectivity index (χ4v) is 1.23. The summed E-state index contributed by atoms with van der Waals surface area (Å²) in [6.45, 7) is 3.19. The predicted octanol–water partition coefficient (Wildman–Crippen LogP) is 1.81. The second kappa shape index (κ2) is 4.99. The summed E-state index contributed by atoms with van der Waals surface area (Å²) in [5.41, 5.74) is -0.532. The molecule has 0 saturated heterocycles. The summed E-state index contributed by atoms with van der Waals surface area (Å²) in [4.78, 5) is 11.0. The molecule has 1 aromatic rings. The Morgan fingerprint density at radius 3 is 2.69 bits per heavy atom. The molecular formula is C12H16O4. The second-order valence-corrected chi connectivity index (χ2v) is 3.80. The van der Waals surface area contributed by atoms with Gasteiger partial charge in [0.1, 0.15) is 5.75 Å². The van der Waals surface area contributed by atoms with E-state index in [1.807, 2.05) is 0 Å². The van der Waals surface area contributed by atoms with Crippen LogP contribution in [0.5, 0.6) is 5.75 Å². The lowest BCUT2D eigenvalue weighted by Gasteiger charge is -2.24. The van der Waals surface area contributed by atoms with Gasteiger partial charge in [-0.05, 0) is 31.0 Å². The highest BCUT2D eigenvalue weighted by atomic mass is 16.5. The number of carbonyl (C=O) groups is 1. The monoisotopic (exact) mass is 224 g/mol. The largest absolute Gasteiger partial charge is 0.478 e. The zero-order chi connectivity index (χ0) is 12.2. The molecule has 0 aliphatic carbocycles. The number of aliphatic carboxylic acids is 1. The van der Waals surface area contributed by atoms with E-state index in [4.69, 9.17) is 14.9 Å². The van der Waals surface area contributed by atoms with Gasteiger partial charge in [-0.1, -0.05) is 19.1 Å². The summed E-state index contributed by atoms with van der Waals surface area (Å²) < 4.78 is 5.44. The van der Waals surface area contributed by atoms with E-state index < -0.39 is 11.6 Å². The van der Waals surface area contributed by atoms with Gasteiger partial charge >= 0.3 is 5.97 Å². The van der Waals surface area contributed by atoms with Gasteiger partial charge in [-0.15, -0.1) is 0 Å². The molecule has 1 unspecified atom stereocenters. The van der Waals surface area contributed by atoms with Crippen molar-refractivity contribution < 1.29 is 19.7 Å². The Morgan fingerprint density at radius 2 is 2.19 bits per heavy atom. The van der Waals surface area contributed by atoms with Gasteiger partial charge in [0.25, 0.3) is 0 Å². The number of ether oxygens (including phenoxy) is 1. The highest BCUT2D eigenvalue weighted by Crippen LogP contribution is 2.22. The summed E-state index contributed by atoms with van der Waals surface area (Å²) in [6, 6.07) is 6.78. The average molecular weight is 224 g/mol. The maximum absolute atomic E-state index is 11.0. The van der Waals surface area contributed by atoms with E-state index in [-0.39, 0.29) is 6.61 Å². The lowest BCUT2D eigenvalue weighted by Crippen LogP contribution is -2.40. The van der Waals surface area contributed by atoms with E-state index in [1.54, 1.807) is 31.2 Å². The molecule has 0 amide bonds. The third kappa shape index (κ3) is 2.73. The number of benzene rings is 1. The molecule has 4 heteroatoms. The van der Waals surface area contributed by atoms with Crippen molar-refractivity contribution in [2.45, 2.75) is 32.5 Å². The van der Waals surface area contributed by atoms with Crippen molar-refractivity contribution in [3.63, 3.8) is 0 Å². The van der Waals surface area contributed by atoms with Crippen LogP contribution in [0.25, 0.3) is 0 Å². The van der Waals surface area contributed by atoms with Gasteiger partial charge in [0.15, 0.2) is 0 Å². The first-order valence-electron chi connectivity index (χ1n) is 5.14. The van der Waals surface area contributed by atoms with Gasteiger partial charge in [0, 0.05) is 0 Å². The summed E-state index contributed by atoms with van der Waals surface area (Å²) in [7, 11) is 0. The first kappa shape index (κ1) is 12.5. The van der Waals surface area contributed by atoms with Crippen LogP contribution in [0, 0.1) is 0 Å². The molecule has 0 aromatic heterocycles. The number of aliphatic hydroxyl groups excluding tert-OH is 1. The van der Waals surface area contributed by atoms with Crippen molar-refractivity contribution in [3.05, 3.63) is 29.8 Å². The van der Waals surface area contributed by atoms with Crippen LogP contribution in [0.3, 0.4) is 0 Å². The molecule has 0 heterocycles. The van der Waals surface area contributed by atoms with Crippen molar-refractivity contribution in [1.82, 2.24) is 0 Å². The molecule has 0 bridgehead atoms. The van der Waals surface area contributed by atoms with Crippen molar-refractivity contribution in [1.29, 1.82) is 0 Å². The number of hydrogen-bond donors (Lipinski definition) is 2. The molecule has 0 saturated carbocycles. The van der Waals surface area contributed by atoms with Gasteiger partial charge in [0.2, 0.25) is 5.60 Å². The minimum atomic E-state index is -1.23. The van der Waals surface area contributed by atoms with Crippen LogP contribution in [-0.2, 0) is 11.4 Å². The molecular weight excluding hydrogens is 208 g/mol. The van der Waals surface area contributed by atoms with Gasteiger partial charge in [-0.3, -0.25) is 0 Å². The van der Waals surface area contributed by atoms with Gasteiger partial charge in [0.05, 0.1) is 6.61 Å². The van der Waals surface area contributed by atoms with Crippen molar-refractivity contribution in [2.75, 3.05) is 0 Å². The Balaban J connectivity index is 2.90. The lowest BCUT2D eigenvalue weighted by molar-refractivity contribution is -0.154. The molecule has 0 spiro atoms. The number of aliphatic hydroxyl groups is 1. The van der Waals surface area contributed by atoms with Crippen LogP contribution in [0.2, 0.25) is 0 Å². The van der Waals surface area contributed by atoms with E-state index in [9.17, 15) is 4.79 Å². The van der Waals surface area contributed by atoms with Gasteiger partial charge in [-0.2, -0.15) is 0 Å².